The molecule has 6 nitrogen and oxygen atoms in total. The van der Waals surface area contributed by atoms with Crippen LogP contribution in [0.1, 0.15) is 0 Å². The van der Waals surface area contributed by atoms with E-state index in [1.807, 2.05) is 0 Å². The predicted octanol–water partition coefficient (Wildman–Crippen LogP) is -0.171. The highest BCUT2D eigenvalue weighted by Gasteiger charge is 2.08. The van der Waals surface area contributed by atoms with Crippen molar-refractivity contribution in [2.24, 2.45) is 0 Å². The van der Waals surface area contributed by atoms with Crippen molar-refractivity contribution in [1.82, 2.24) is 14.4 Å². The van der Waals surface area contributed by atoms with Crippen LogP contribution >= 0.6 is 0 Å². The van der Waals surface area contributed by atoms with E-state index in [-0.39, 0.29) is 16.5 Å². The molecule has 84 valence electrons. The Bertz CT molecular complexity index is 901. The lowest BCUT2D eigenvalue weighted by Crippen LogP contribution is -2.22. The molecule has 0 aliphatic heterocycles. The van der Waals surface area contributed by atoms with Crippen LogP contribution in [-0.4, -0.2) is 14.4 Å². The number of pyridine rings is 2. The van der Waals surface area contributed by atoms with Gasteiger partial charge < -0.3 is 9.97 Å². The summed E-state index contributed by atoms with van der Waals surface area (Å²) >= 11 is 0. The average molecular weight is 229 g/mol. The monoisotopic (exact) mass is 229 g/mol. The zero-order valence-electron chi connectivity index (χ0n) is 8.56. The molecule has 17 heavy (non-hydrogen) atoms. The molecule has 0 spiro atoms. The van der Waals surface area contributed by atoms with Gasteiger partial charge in [-0.15, -0.1) is 0 Å². The average Bonchev–Trinajstić information content (AvgIpc) is 2.31. The molecule has 0 fully saturated rings. The lowest BCUT2D eigenvalue weighted by molar-refractivity contribution is 1.05. The number of nitrogens with zero attached hydrogens (tertiary/aromatic N) is 1. The van der Waals surface area contributed by atoms with E-state index >= 15 is 0 Å². The first kappa shape index (κ1) is 9.59. The molecule has 0 aliphatic rings. The maximum absolute atomic E-state index is 11.8. The molecule has 0 atom stereocenters. The highest BCUT2D eigenvalue weighted by atomic mass is 16.1. The number of fused-ring (bicyclic) bond motifs is 3. The van der Waals surface area contributed by atoms with Gasteiger partial charge in [0.1, 0.15) is 5.52 Å². The summed E-state index contributed by atoms with van der Waals surface area (Å²) in [7, 11) is 0. The Morgan fingerprint density at radius 1 is 0.941 bits per heavy atom. The van der Waals surface area contributed by atoms with Crippen molar-refractivity contribution in [1.29, 1.82) is 0 Å². The molecule has 3 aromatic heterocycles. The van der Waals surface area contributed by atoms with Gasteiger partial charge in [0.15, 0.2) is 0 Å². The van der Waals surface area contributed by atoms with Crippen LogP contribution in [0, 0.1) is 0 Å². The fourth-order valence-corrected chi connectivity index (χ4v) is 1.91. The maximum atomic E-state index is 11.8. The summed E-state index contributed by atoms with van der Waals surface area (Å²) in [6.07, 6.45) is 4.29. The number of H-pyrrole nitrogens is 2. The van der Waals surface area contributed by atoms with Gasteiger partial charge in [-0.05, 0) is 6.07 Å². The first-order valence-electron chi connectivity index (χ1n) is 4.93. The Morgan fingerprint density at radius 3 is 2.53 bits per heavy atom. The van der Waals surface area contributed by atoms with Crippen LogP contribution in [0.25, 0.3) is 16.3 Å². The molecular formula is C11H7N3O3. The molecule has 0 aromatic carbocycles. The second-order valence-corrected chi connectivity index (χ2v) is 3.62. The van der Waals surface area contributed by atoms with Gasteiger partial charge in [-0.3, -0.25) is 18.8 Å². The molecule has 3 aromatic rings. The number of rotatable bonds is 0. The fourth-order valence-electron chi connectivity index (χ4n) is 1.91. The Kier molecular flexibility index (Phi) is 1.79. The normalized spacial score (nSPS) is 11.1. The summed E-state index contributed by atoms with van der Waals surface area (Å²) in [5.74, 6) is 0. The van der Waals surface area contributed by atoms with Gasteiger partial charge in [-0.1, -0.05) is 0 Å². The van der Waals surface area contributed by atoms with Gasteiger partial charge >= 0.3 is 0 Å². The number of nitrogens with one attached hydrogen (secondary N) is 2. The van der Waals surface area contributed by atoms with Crippen LogP contribution in [0.3, 0.4) is 0 Å². The summed E-state index contributed by atoms with van der Waals surface area (Å²) in [5, 5.41) is 0.671. The van der Waals surface area contributed by atoms with Crippen LogP contribution in [0.5, 0.6) is 0 Å². The molecule has 0 bridgehead atoms. The zero-order valence-corrected chi connectivity index (χ0v) is 8.56. The summed E-state index contributed by atoms with van der Waals surface area (Å²) in [6.45, 7) is 0. The third-order valence-corrected chi connectivity index (χ3v) is 2.65. The van der Waals surface area contributed by atoms with Crippen LogP contribution in [0.4, 0.5) is 0 Å². The summed E-state index contributed by atoms with van der Waals surface area (Å²) in [5.41, 5.74) is -1.01. The summed E-state index contributed by atoms with van der Waals surface area (Å²) in [4.78, 5) is 40.0. The van der Waals surface area contributed by atoms with Gasteiger partial charge in [0.05, 0.1) is 5.39 Å². The van der Waals surface area contributed by atoms with Crippen molar-refractivity contribution in [3.05, 3.63) is 61.8 Å². The SMILES string of the molecule is O=c1[nH]ccc2c1cc(=O)n1cc[nH]c(=O)c21. The highest BCUT2D eigenvalue weighted by Crippen LogP contribution is 2.09. The van der Waals surface area contributed by atoms with Crippen LogP contribution in [0.2, 0.25) is 0 Å². The van der Waals surface area contributed by atoms with Gasteiger partial charge in [0, 0.05) is 30.0 Å². The van der Waals surface area contributed by atoms with Crippen molar-refractivity contribution in [2.75, 3.05) is 0 Å². The molecule has 0 aliphatic carbocycles. The highest BCUT2D eigenvalue weighted by molar-refractivity contribution is 5.94. The molecular weight excluding hydrogens is 222 g/mol. The second kappa shape index (κ2) is 3.18. The number of hydrogen-bond acceptors (Lipinski definition) is 3. The van der Waals surface area contributed by atoms with Crippen molar-refractivity contribution < 1.29 is 0 Å². The van der Waals surface area contributed by atoms with Crippen LogP contribution < -0.4 is 16.7 Å². The van der Waals surface area contributed by atoms with E-state index in [1.165, 1.54) is 29.1 Å². The van der Waals surface area contributed by atoms with Crippen molar-refractivity contribution >= 4 is 16.3 Å². The Balaban J connectivity index is 2.84. The standard InChI is InChI=1S/C11H7N3O3/c15-8-5-7-6(1-2-12-10(7)16)9-11(17)13-3-4-14(8)9/h1-5H,(H,12,16)(H,13,17). The molecule has 2 N–H and O–H groups in total. The Hall–Kier alpha value is -2.63. The van der Waals surface area contributed by atoms with Crippen LogP contribution in [-0.2, 0) is 0 Å². The first-order chi connectivity index (χ1) is 8.18. The molecule has 3 rings (SSSR count). The quantitative estimate of drug-likeness (QED) is 0.524. The van der Waals surface area contributed by atoms with E-state index in [0.717, 1.165) is 0 Å². The molecule has 0 unspecified atom stereocenters. The summed E-state index contributed by atoms with van der Waals surface area (Å²) in [6, 6.07) is 2.82. The fraction of sp³-hybridized carbons (Fsp3) is 0. The molecule has 3 heterocycles. The third-order valence-electron chi connectivity index (χ3n) is 2.65. The maximum Gasteiger partial charge on any atom is 0.272 e. The lowest BCUT2D eigenvalue weighted by Gasteiger charge is -2.02. The van der Waals surface area contributed by atoms with E-state index in [1.54, 1.807) is 6.07 Å². The minimum Gasteiger partial charge on any atom is -0.329 e. The lowest BCUT2D eigenvalue weighted by atomic mass is 10.2. The van der Waals surface area contributed by atoms with Gasteiger partial charge in [0.2, 0.25) is 0 Å². The van der Waals surface area contributed by atoms with E-state index < -0.39 is 11.1 Å². The van der Waals surface area contributed by atoms with Gasteiger partial charge in [0.25, 0.3) is 16.7 Å². The third kappa shape index (κ3) is 1.24. The molecule has 0 radical (unpaired) electrons. The van der Waals surface area contributed by atoms with Crippen molar-refractivity contribution in [2.45, 2.75) is 0 Å². The molecule has 0 saturated carbocycles. The van der Waals surface area contributed by atoms with Crippen LogP contribution in [0.15, 0.2) is 45.1 Å². The summed E-state index contributed by atoms with van der Waals surface area (Å²) < 4.78 is 1.22. The largest absolute Gasteiger partial charge is 0.329 e. The van der Waals surface area contributed by atoms with Crippen molar-refractivity contribution in [3.63, 3.8) is 0 Å². The van der Waals surface area contributed by atoms with E-state index in [9.17, 15) is 14.4 Å². The van der Waals surface area contributed by atoms with E-state index in [4.69, 9.17) is 0 Å². The van der Waals surface area contributed by atoms with E-state index in [0.29, 0.717) is 5.39 Å². The predicted molar refractivity (Wildman–Crippen MR) is 62.4 cm³/mol. The number of aromatic amines is 2. The Morgan fingerprint density at radius 2 is 1.71 bits per heavy atom. The number of aromatic nitrogens is 3. The minimum atomic E-state index is -0.407. The molecule has 0 saturated heterocycles. The zero-order chi connectivity index (χ0) is 12.0. The minimum absolute atomic E-state index is 0.182. The first-order valence-corrected chi connectivity index (χ1v) is 4.93. The van der Waals surface area contributed by atoms with Gasteiger partial charge in [-0.2, -0.15) is 0 Å². The van der Waals surface area contributed by atoms with Crippen molar-refractivity contribution in [3.8, 4) is 0 Å². The smallest absolute Gasteiger partial charge is 0.272 e. The molecule has 0 amide bonds. The Labute approximate surface area is 93.2 Å². The van der Waals surface area contributed by atoms with Gasteiger partial charge in [-0.25, -0.2) is 0 Å². The number of hydrogen-bond donors (Lipinski definition) is 2. The molecule has 6 heteroatoms. The van der Waals surface area contributed by atoms with E-state index in [2.05, 4.69) is 9.97 Å². The topological polar surface area (TPSA) is 87.2 Å². The second-order valence-electron chi connectivity index (χ2n) is 3.62.